The molecular weight excluding hydrogens is 256 g/mol. The zero-order valence-electron chi connectivity index (χ0n) is 11.0. The zero-order chi connectivity index (χ0) is 13.8. The van der Waals surface area contributed by atoms with E-state index < -0.39 is 0 Å². The minimum Gasteiger partial charge on any atom is -0.492 e. The van der Waals surface area contributed by atoms with Crippen molar-refractivity contribution in [3.8, 4) is 5.75 Å². The van der Waals surface area contributed by atoms with Gasteiger partial charge in [-0.15, -0.1) is 14.8 Å². The van der Waals surface area contributed by atoms with E-state index in [2.05, 4.69) is 20.6 Å². The molecule has 20 heavy (non-hydrogen) atoms. The fourth-order valence-electron chi connectivity index (χ4n) is 1.78. The van der Waals surface area contributed by atoms with Gasteiger partial charge in [0.25, 0.3) is 0 Å². The SMILES string of the molecule is CN(CCOc1ccccc1)c1ccc2nnnn2n1. The quantitative estimate of drug-likeness (QED) is 0.690. The van der Waals surface area contributed by atoms with Crippen LogP contribution in [0.15, 0.2) is 42.5 Å². The highest BCUT2D eigenvalue weighted by molar-refractivity contribution is 5.43. The number of fused-ring (bicyclic) bond motifs is 1. The first-order chi connectivity index (χ1) is 9.83. The van der Waals surface area contributed by atoms with Gasteiger partial charge in [-0.05, 0) is 34.7 Å². The Balaban J connectivity index is 1.59. The van der Waals surface area contributed by atoms with Crippen molar-refractivity contribution >= 4 is 11.5 Å². The molecule has 0 amide bonds. The summed E-state index contributed by atoms with van der Waals surface area (Å²) in [5.74, 6) is 1.66. The lowest BCUT2D eigenvalue weighted by Crippen LogP contribution is -2.25. The molecule has 2 heterocycles. The number of tetrazole rings is 1. The molecule has 102 valence electrons. The van der Waals surface area contributed by atoms with Gasteiger partial charge in [0.15, 0.2) is 11.5 Å². The number of hydrogen-bond acceptors (Lipinski definition) is 6. The van der Waals surface area contributed by atoms with Gasteiger partial charge in [-0.1, -0.05) is 18.2 Å². The van der Waals surface area contributed by atoms with E-state index in [-0.39, 0.29) is 0 Å². The first-order valence-corrected chi connectivity index (χ1v) is 6.27. The van der Waals surface area contributed by atoms with Gasteiger partial charge in [-0.3, -0.25) is 0 Å². The molecule has 0 atom stereocenters. The Hall–Kier alpha value is -2.70. The minimum atomic E-state index is 0.579. The van der Waals surface area contributed by atoms with Crippen LogP contribution in [0.1, 0.15) is 0 Å². The molecular formula is C13H14N6O. The van der Waals surface area contributed by atoms with Gasteiger partial charge < -0.3 is 9.64 Å². The molecule has 1 aromatic carbocycles. The second-order valence-corrected chi connectivity index (χ2v) is 4.30. The Bertz CT molecular complexity index is 683. The van der Waals surface area contributed by atoms with Crippen molar-refractivity contribution in [1.82, 2.24) is 25.3 Å². The molecule has 0 aliphatic heterocycles. The Labute approximate surface area is 115 Å². The molecule has 0 spiro atoms. The van der Waals surface area contributed by atoms with Crippen LogP contribution in [-0.4, -0.2) is 45.5 Å². The summed E-state index contributed by atoms with van der Waals surface area (Å²) < 4.78 is 7.06. The molecule has 0 aliphatic rings. The Morgan fingerprint density at radius 1 is 1.15 bits per heavy atom. The van der Waals surface area contributed by atoms with Gasteiger partial charge in [0.2, 0.25) is 0 Å². The van der Waals surface area contributed by atoms with E-state index in [1.807, 2.05) is 54.4 Å². The lowest BCUT2D eigenvalue weighted by Gasteiger charge is -2.17. The minimum absolute atomic E-state index is 0.579. The highest BCUT2D eigenvalue weighted by atomic mass is 16.5. The summed E-state index contributed by atoms with van der Waals surface area (Å²) in [5, 5.41) is 15.5. The Kier molecular flexibility index (Phi) is 3.40. The molecule has 0 saturated carbocycles. The molecule has 0 aliphatic carbocycles. The predicted molar refractivity (Wildman–Crippen MR) is 73.8 cm³/mol. The third-order valence-electron chi connectivity index (χ3n) is 2.89. The monoisotopic (exact) mass is 270 g/mol. The predicted octanol–water partition coefficient (Wildman–Crippen LogP) is 1.03. The maximum atomic E-state index is 5.65. The molecule has 7 heteroatoms. The topological polar surface area (TPSA) is 68.4 Å². The van der Waals surface area contributed by atoms with Crippen molar-refractivity contribution < 1.29 is 4.74 Å². The van der Waals surface area contributed by atoms with Crippen molar-refractivity contribution in [1.29, 1.82) is 0 Å². The van der Waals surface area contributed by atoms with Crippen molar-refractivity contribution in [3.63, 3.8) is 0 Å². The van der Waals surface area contributed by atoms with Crippen LogP contribution in [0.4, 0.5) is 5.82 Å². The average molecular weight is 270 g/mol. The number of rotatable bonds is 5. The highest BCUT2D eigenvalue weighted by Crippen LogP contribution is 2.10. The van der Waals surface area contributed by atoms with Gasteiger partial charge in [-0.2, -0.15) is 0 Å². The maximum Gasteiger partial charge on any atom is 0.200 e. The van der Waals surface area contributed by atoms with Crippen LogP contribution in [0.5, 0.6) is 5.75 Å². The second-order valence-electron chi connectivity index (χ2n) is 4.30. The Morgan fingerprint density at radius 2 is 2.00 bits per heavy atom. The molecule has 0 saturated heterocycles. The van der Waals surface area contributed by atoms with Crippen LogP contribution in [-0.2, 0) is 0 Å². The third kappa shape index (κ3) is 2.66. The lowest BCUT2D eigenvalue weighted by molar-refractivity contribution is 0.325. The van der Waals surface area contributed by atoms with Crippen LogP contribution in [0.25, 0.3) is 5.65 Å². The van der Waals surface area contributed by atoms with E-state index in [1.165, 1.54) is 4.63 Å². The number of ether oxygens (including phenoxy) is 1. The van der Waals surface area contributed by atoms with Crippen molar-refractivity contribution in [2.24, 2.45) is 0 Å². The van der Waals surface area contributed by atoms with Crippen LogP contribution < -0.4 is 9.64 Å². The third-order valence-corrected chi connectivity index (χ3v) is 2.89. The van der Waals surface area contributed by atoms with Crippen LogP contribution in [0.2, 0.25) is 0 Å². The summed E-state index contributed by atoms with van der Waals surface area (Å²) in [5.41, 5.74) is 0.627. The van der Waals surface area contributed by atoms with Crippen LogP contribution in [0.3, 0.4) is 0 Å². The van der Waals surface area contributed by atoms with Gasteiger partial charge in [-0.25, -0.2) is 0 Å². The summed E-state index contributed by atoms with van der Waals surface area (Å²) in [6.07, 6.45) is 0. The van der Waals surface area contributed by atoms with E-state index in [9.17, 15) is 0 Å². The lowest BCUT2D eigenvalue weighted by atomic mass is 10.3. The van der Waals surface area contributed by atoms with Crippen molar-refractivity contribution in [3.05, 3.63) is 42.5 Å². The molecule has 0 unspecified atom stereocenters. The molecule has 0 N–H and O–H groups in total. The van der Waals surface area contributed by atoms with Gasteiger partial charge in [0.1, 0.15) is 12.4 Å². The standard InChI is InChI=1S/C13H14N6O/c1-18(9-10-20-11-5-3-2-4-6-11)13-8-7-12-14-16-17-19(12)15-13/h2-8H,9-10H2,1H3. The van der Waals surface area contributed by atoms with E-state index in [4.69, 9.17) is 4.74 Å². The number of nitrogens with zero attached hydrogens (tertiary/aromatic N) is 6. The van der Waals surface area contributed by atoms with Gasteiger partial charge in [0, 0.05) is 7.05 Å². The number of likely N-dealkylation sites (N-methyl/N-ethyl adjacent to an activating group) is 1. The first-order valence-electron chi connectivity index (χ1n) is 6.27. The maximum absolute atomic E-state index is 5.65. The second kappa shape index (κ2) is 5.52. The number of hydrogen-bond donors (Lipinski definition) is 0. The van der Waals surface area contributed by atoms with E-state index >= 15 is 0 Å². The van der Waals surface area contributed by atoms with Crippen LogP contribution in [0, 0.1) is 0 Å². The summed E-state index contributed by atoms with van der Waals surface area (Å²) in [6.45, 7) is 1.30. The number of para-hydroxylation sites is 1. The summed E-state index contributed by atoms with van der Waals surface area (Å²) in [4.78, 5) is 1.99. The normalized spacial score (nSPS) is 10.7. The Morgan fingerprint density at radius 3 is 2.85 bits per heavy atom. The number of aromatic nitrogens is 5. The molecule has 7 nitrogen and oxygen atoms in total. The summed E-state index contributed by atoms with van der Waals surface area (Å²) >= 11 is 0. The molecule has 3 rings (SSSR count). The molecule has 0 bridgehead atoms. The number of anilines is 1. The fraction of sp³-hybridized carbons (Fsp3) is 0.231. The molecule has 2 aromatic heterocycles. The van der Waals surface area contributed by atoms with Gasteiger partial charge >= 0.3 is 0 Å². The van der Waals surface area contributed by atoms with E-state index in [0.29, 0.717) is 12.3 Å². The van der Waals surface area contributed by atoms with E-state index in [1.54, 1.807) is 0 Å². The van der Waals surface area contributed by atoms with Crippen LogP contribution >= 0.6 is 0 Å². The fourth-order valence-corrected chi connectivity index (χ4v) is 1.78. The molecule has 0 fully saturated rings. The zero-order valence-corrected chi connectivity index (χ0v) is 11.0. The largest absolute Gasteiger partial charge is 0.492 e. The van der Waals surface area contributed by atoms with E-state index in [0.717, 1.165) is 18.1 Å². The molecule has 0 radical (unpaired) electrons. The number of benzene rings is 1. The van der Waals surface area contributed by atoms with Crippen molar-refractivity contribution in [2.75, 3.05) is 25.1 Å². The summed E-state index contributed by atoms with van der Waals surface area (Å²) in [6, 6.07) is 13.4. The summed E-state index contributed by atoms with van der Waals surface area (Å²) in [7, 11) is 1.95. The molecule has 3 aromatic rings. The van der Waals surface area contributed by atoms with Gasteiger partial charge in [0.05, 0.1) is 6.54 Å². The van der Waals surface area contributed by atoms with Crippen molar-refractivity contribution in [2.45, 2.75) is 0 Å². The first kappa shape index (κ1) is 12.3. The smallest absolute Gasteiger partial charge is 0.200 e. The highest BCUT2D eigenvalue weighted by Gasteiger charge is 2.05. The average Bonchev–Trinajstić information content (AvgIpc) is 2.95.